The minimum atomic E-state index is -7.85. The van der Waals surface area contributed by atoms with Crippen LogP contribution in [0.3, 0.4) is 0 Å². The summed E-state index contributed by atoms with van der Waals surface area (Å²) in [6, 6.07) is 0. The Labute approximate surface area is 189 Å². The van der Waals surface area contributed by atoms with Crippen molar-refractivity contribution in [2.24, 2.45) is 0 Å². The molecule has 0 bridgehead atoms. The van der Waals surface area contributed by atoms with E-state index in [0.29, 0.717) is 0 Å². The normalized spacial score (nSPS) is 16.2. The van der Waals surface area contributed by atoms with E-state index < -0.39 is 63.2 Å². The fraction of sp³-hybridized carbons (Fsp3) is 1.00. The van der Waals surface area contributed by atoms with Crippen molar-refractivity contribution in [1.29, 1.82) is 0 Å². The van der Waals surface area contributed by atoms with Gasteiger partial charge in [-0.3, -0.25) is 0 Å². The minimum absolute atomic E-state index is 0. The smallest absolute Gasteiger partial charge is 0.748 e. The van der Waals surface area contributed by atoms with Crippen molar-refractivity contribution in [3.63, 3.8) is 0 Å². The Bertz CT molecular complexity index is 680. The number of hydrogen-bond acceptors (Lipinski definition) is 3. The summed E-state index contributed by atoms with van der Waals surface area (Å²) in [5, 5.41) is -9.55. The molecule has 0 radical (unpaired) electrons. The summed E-state index contributed by atoms with van der Waals surface area (Å²) < 4.78 is 191. The molecule has 0 saturated carbocycles. The van der Waals surface area contributed by atoms with Gasteiger partial charge in [0.25, 0.3) is 0 Å². The molecule has 0 spiro atoms. The van der Waals surface area contributed by atoms with Crippen LogP contribution in [0.5, 0.6) is 0 Å². The van der Waals surface area contributed by atoms with Gasteiger partial charge in [-0.2, -0.15) is 52.7 Å². The first kappa shape index (κ1) is 32.5. The molecule has 0 aromatic heterocycles. The quantitative estimate of drug-likeness (QED) is 0.181. The van der Waals surface area contributed by atoms with Gasteiger partial charge in [-0.15, -0.1) is 0 Å². The molecule has 3 nitrogen and oxygen atoms in total. The molecule has 0 fully saturated rings. The van der Waals surface area contributed by atoms with E-state index >= 15 is 0 Å². The van der Waals surface area contributed by atoms with Crippen molar-refractivity contribution in [3.8, 4) is 0 Å². The maximum Gasteiger partial charge on any atom is 1.00 e. The number of hydrogen-bond donors (Lipinski definition) is 0. The Morgan fingerprint density at radius 3 is 1.47 bits per heavy atom. The zero-order valence-electron chi connectivity index (χ0n) is 15.0. The maximum atomic E-state index is 13.7. The van der Waals surface area contributed by atoms with Gasteiger partial charge < -0.3 is 4.55 Å². The summed E-state index contributed by atoms with van der Waals surface area (Å²) in [5.74, 6) is -37.1. The summed E-state index contributed by atoms with van der Waals surface area (Å²) in [5.41, 5.74) is 0. The van der Waals surface area contributed by atoms with Crippen molar-refractivity contribution in [2.45, 2.75) is 72.9 Å². The van der Waals surface area contributed by atoms with Gasteiger partial charge in [0.2, 0.25) is 0 Å². The van der Waals surface area contributed by atoms with Crippen LogP contribution in [0.15, 0.2) is 0 Å². The van der Waals surface area contributed by atoms with Gasteiger partial charge >= 0.3 is 64.6 Å². The fourth-order valence-corrected chi connectivity index (χ4v) is 2.98. The van der Waals surface area contributed by atoms with Crippen molar-refractivity contribution in [1.82, 2.24) is 0 Å². The van der Waals surface area contributed by atoms with Gasteiger partial charge in [-0.25, -0.2) is 8.42 Å². The summed E-state index contributed by atoms with van der Waals surface area (Å²) in [7, 11) is -5.85. The van der Waals surface area contributed by atoms with Crippen molar-refractivity contribution in [3.05, 3.63) is 0 Å². The Morgan fingerprint density at radius 2 is 1.17 bits per heavy atom. The number of rotatable bonds is 11. The van der Waals surface area contributed by atoms with Gasteiger partial charge in [-0.1, -0.05) is 19.8 Å². The topological polar surface area (TPSA) is 57.2 Å². The summed E-state index contributed by atoms with van der Waals surface area (Å²) >= 11 is 3.53. The molecule has 0 aromatic rings. The molecule has 0 N–H and O–H groups in total. The molecule has 18 heteroatoms. The Balaban J connectivity index is 0. The van der Waals surface area contributed by atoms with E-state index in [9.17, 15) is 65.7 Å². The fourth-order valence-electron chi connectivity index (χ4n) is 2.00. The molecular weight excluding hydrogens is 511 g/mol. The molecular formula is C12H12ClF12NaO3S. The third kappa shape index (κ3) is 5.83. The van der Waals surface area contributed by atoms with Crippen LogP contribution in [-0.2, 0) is 10.1 Å². The Kier molecular flexibility index (Phi) is 10.5. The Hall–Kier alpha value is 0.360. The molecule has 30 heavy (non-hydrogen) atoms. The van der Waals surface area contributed by atoms with E-state index in [0.717, 1.165) is 0 Å². The molecule has 0 aliphatic heterocycles. The van der Waals surface area contributed by atoms with Gasteiger partial charge in [0, 0.05) is 6.42 Å². The second-order valence-corrected chi connectivity index (χ2v) is 8.09. The van der Waals surface area contributed by atoms with Crippen LogP contribution >= 0.6 is 11.6 Å². The minimum Gasteiger partial charge on any atom is -0.748 e. The number of halogens is 13. The standard InChI is InChI=1S/C12H13ClF12O3S.Na/c1-2-3-4-6(29(26,27)28)5-7(14,15)8(16,17)9(18,19)10(20,21)11(22,23)12(13,24)25;/h6H,2-5H2,1H3,(H,26,27,28);/q;+1/p-1. The molecule has 176 valence electrons. The molecule has 0 aliphatic rings. The van der Waals surface area contributed by atoms with E-state index in [1.165, 1.54) is 6.92 Å². The van der Waals surface area contributed by atoms with Gasteiger partial charge in [0.1, 0.15) is 0 Å². The molecule has 0 aliphatic carbocycles. The Morgan fingerprint density at radius 1 is 0.800 bits per heavy atom. The number of unbranched alkanes of at least 4 members (excludes halogenated alkanes) is 1. The van der Waals surface area contributed by atoms with Gasteiger partial charge in [0.15, 0.2) is 0 Å². The second kappa shape index (κ2) is 9.69. The molecule has 0 saturated heterocycles. The van der Waals surface area contributed by atoms with E-state index in [2.05, 4.69) is 11.6 Å². The molecule has 0 rings (SSSR count). The van der Waals surface area contributed by atoms with Crippen LogP contribution in [0.25, 0.3) is 0 Å². The molecule has 0 amide bonds. The average molecular weight is 523 g/mol. The first-order chi connectivity index (χ1) is 12.4. The molecule has 1 atom stereocenters. The van der Waals surface area contributed by atoms with Crippen LogP contribution in [0, 0.1) is 0 Å². The first-order valence-corrected chi connectivity index (χ1v) is 9.17. The van der Waals surface area contributed by atoms with E-state index in [-0.39, 0.29) is 42.4 Å². The summed E-state index contributed by atoms with van der Waals surface area (Å²) in [6.07, 6.45) is -4.41. The summed E-state index contributed by atoms with van der Waals surface area (Å²) in [4.78, 5) is 0. The molecule has 1 unspecified atom stereocenters. The van der Waals surface area contributed by atoms with E-state index in [1.54, 1.807) is 0 Å². The van der Waals surface area contributed by atoms with Crippen LogP contribution in [0.2, 0.25) is 0 Å². The molecule has 0 aromatic carbocycles. The van der Waals surface area contributed by atoms with Gasteiger partial charge in [-0.05, 0) is 18.0 Å². The van der Waals surface area contributed by atoms with Crippen LogP contribution in [-0.4, -0.2) is 53.2 Å². The van der Waals surface area contributed by atoms with Crippen LogP contribution in [0.1, 0.15) is 32.6 Å². The SMILES string of the molecule is CCCCC(CC(F)(F)C(F)(F)C(F)(F)C(F)(F)C(F)(F)C(F)(F)Cl)S(=O)(=O)[O-].[Na+]. The largest absolute Gasteiger partial charge is 1.00 e. The monoisotopic (exact) mass is 522 g/mol. The predicted octanol–water partition coefficient (Wildman–Crippen LogP) is 2.49. The number of alkyl halides is 13. The predicted molar refractivity (Wildman–Crippen MR) is 73.2 cm³/mol. The van der Waals surface area contributed by atoms with Crippen molar-refractivity contribution >= 4 is 21.7 Å². The first-order valence-electron chi connectivity index (χ1n) is 7.32. The third-order valence-corrected chi connectivity index (χ3v) is 5.23. The van der Waals surface area contributed by atoms with Crippen LogP contribution in [0.4, 0.5) is 52.7 Å². The second-order valence-electron chi connectivity index (χ2n) is 5.96. The maximum absolute atomic E-state index is 13.7. The van der Waals surface area contributed by atoms with Crippen molar-refractivity contribution < 1.29 is 95.2 Å². The van der Waals surface area contributed by atoms with Gasteiger partial charge in [0.05, 0.1) is 15.4 Å². The van der Waals surface area contributed by atoms with Crippen molar-refractivity contribution in [2.75, 3.05) is 0 Å². The molecule has 0 heterocycles. The van der Waals surface area contributed by atoms with Crippen LogP contribution < -0.4 is 29.6 Å². The van der Waals surface area contributed by atoms with E-state index in [1.807, 2.05) is 0 Å². The zero-order valence-corrected chi connectivity index (χ0v) is 18.5. The summed E-state index contributed by atoms with van der Waals surface area (Å²) in [6.45, 7) is 1.31. The zero-order chi connectivity index (χ0) is 23.9. The third-order valence-electron chi connectivity index (χ3n) is 3.77. The average Bonchev–Trinajstić information content (AvgIpc) is 2.48. The van der Waals surface area contributed by atoms with E-state index in [4.69, 9.17) is 0 Å².